The number of amides is 1. The Morgan fingerprint density at radius 1 is 1.28 bits per heavy atom. The van der Waals surface area contributed by atoms with Crippen LogP contribution in [0.25, 0.3) is 0 Å². The van der Waals surface area contributed by atoms with Crippen LogP contribution in [0, 0.1) is 11.8 Å². The lowest BCUT2D eigenvalue weighted by Crippen LogP contribution is -2.32. The highest BCUT2D eigenvalue weighted by molar-refractivity contribution is 9.09. The summed E-state index contributed by atoms with van der Waals surface area (Å²) < 4.78 is 0. The summed E-state index contributed by atoms with van der Waals surface area (Å²) in [6.07, 6.45) is 0.939. The third kappa shape index (κ3) is 2.61. The van der Waals surface area contributed by atoms with Gasteiger partial charge in [-0.05, 0) is 35.4 Å². The van der Waals surface area contributed by atoms with Crippen molar-refractivity contribution in [2.75, 3.05) is 6.54 Å². The Hall–Kier alpha value is -0.830. The van der Waals surface area contributed by atoms with E-state index in [1.807, 2.05) is 6.07 Å². The molecule has 1 aromatic carbocycles. The first-order chi connectivity index (χ1) is 8.50. The van der Waals surface area contributed by atoms with Crippen LogP contribution in [0.3, 0.4) is 0 Å². The van der Waals surface area contributed by atoms with E-state index in [4.69, 9.17) is 0 Å². The highest BCUT2D eigenvalue weighted by atomic mass is 79.9. The number of hydrogen-bond donors (Lipinski definition) is 1. The molecule has 98 valence electrons. The smallest absolute Gasteiger partial charge is 0.251 e. The van der Waals surface area contributed by atoms with Crippen molar-refractivity contribution < 1.29 is 4.79 Å². The molecule has 0 aromatic heterocycles. The molecule has 0 saturated carbocycles. The van der Waals surface area contributed by atoms with Gasteiger partial charge in [0.2, 0.25) is 0 Å². The van der Waals surface area contributed by atoms with Crippen molar-refractivity contribution in [3.05, 3.63) is 34.9 Å². The number of hydrogen-bond acceptors (Lipinski definition) is 1. The molecule has 18 heavy (non-hydrogen) atoms. The number of alkyl halides is 1. The average molecular weight is 310 g/mol. The number of carbonyl (C=O) groups excluding carboxylic acids is 1. The maximum absolute atomic E-state index is 11.8. The minimum absolute atomic E-state index is 0.0648. The van der Waals surface area contributed by atoms with Gasteiger partial charge < -0.3 is 5.32 Å². The first-order valence-electron chi connectivity index (χ1n) is 6.55. The Morgan fingerprint density at radius 3 is 2.67 bits per heavy atom. The van der Waals surface area contributed by atoms with Crippen molar-refractivity contribution in [1.29, 1.82) is 0 Å². The number of carbonyl (C=O) groups is 1. The molecule has 1 heterocycles. The van der Waals surface area contributed by atoms with Gasteiger partial charge in [-0.1, -0.05) is 48.8 Å². The van der Waals surface area contributed by atoms with E-state index in [2.05, 4.69) is 54.2 Å². The van der Waals surface area contributed by atoms with Gasteiger partial charge in [0.1, 0.15) is 0 Å². The molecule has 0 saturated heterocycles. The third-order valence-electron chi connectivity index (χ3n) is 3.89. The molecule has 2 atom stereocenters. The van der Waals surface area contributed by atoms with E-state index in [0.717, 1.165) is 18.5 Å². The maximum Gasteiger partial charge on any atom is 0.251 e. The molecule has 2 rings (SSSR count). The quantitative estimate of drug-likeness (QED) is 0.848. The van der Waals surface area contributed by atoms with Crippen LogP contribution < -0.4 is 5.32 Å². The lowest BCUT2D eigenvalue weighted by Gasteiger charge is -2.24. The van der Waals surface area contributed by atoms with Crippen molar-refractivity contribution in [3.8, 4) is 0 Å². The Balaban J connectivity index is 2.30. The number of nitrogens with one attached hydrogen (secondary N) is 1. The van der Waals surface area contributed by atoms with E-state index in [1.54, 1.807) is 0 Å². The van der Waals surface area contributed by atoms with Crippen LogP contribution in [0.15, 0.2) is 18.2 Å². The molecule has 0 fully saturated rings. The van der Waals surface area contributed by atoms with Gasteiger partial charge in [0.15, 0.2) is 0 Å². The van der Waals surface area contributed by atoms with Crippen LogP contribution >= 0.6 is 15.9 Å². The Morgan fingerprint density at radius 2 is 2.00 bits per heavy atom. The largest absolute Gasteiger partial charge is 0.352 e. The third-order valence-corrected chi connectivity index (χ3v) is 5.25. The van der Waals surface area contributed by atoms with Gasteiger partial charge >= 0.3 is 0 Å². The minimum Gasteiger partial charge on any atom is -0.352 e. The van der Waals surface area contributed by atoms with Crippen molar-refractivity contribution in [2.24, 2.45) is 11.8 Å². The molecule has 3 heteroatoms. The van der Waals surface area contributed by atoms with Gasteiger partial charge in [0.25, 0.3) is 5.91 Å². The summed E-state index contributed by atoms with van der Waals surface area (Å²) in [7, 11) is 0. The van der Waals surface area contributed by atoms with Gasteiger partial charge in [-0.25, -0.2) is 0 Å². The molecule has 1 N–H and O–H groups in total. The van der Waals surface area contributed by atoms with Crippen LogP contribution in [0.4, 0.5) is 0 Å². The van der Waals surface area contributed by atoms with Gasteiger partial charge in [0, 0.05) is 16.9 Å². The molecule has 2 unspecified atom stereocenters. The van der Waals surface area contributed by atoms with Crippen LogP contribution in [0.2, 0.25) is 0 Å². The number of halogens is 1. The van der Waals surface area contributed by atoms with Gasteiger partial charge in [-0.2, -0.15) is 0 Å². The average Bonchev–Trinajstić information content (AvgIpc) is 2.37. The zero-order valence-corrected chi connectivity index (χ0v) is 12.8. The molecule has 1 aliphatic heterocycles. The van der Waals surface area contributed by atoms with Crippen molar-refractivity contribution >= 4 is 21.8 Å². The topological polar surface area (TPSA) is 29.1 Å². The zero-order valence-electron chi connectivity index (χ0n) is 11.2. The molecule has 1 aliphatic rings. The summed E-state index contributed by atoms with van der Waals surface area (Å²) in [4.78, 5) is 12.1. The van der Waals surface area contributed by atoms with Crippen molar-refractivity contribution in [2.45, 2.75) is 32.0 Å². The highest BCUT2D eigenvalue weighted by Crippen LogP contribution is 2.36. The number of fused-ring (bicyclic) bond motifs is 1. The fourth-order valence-corrected chi connectivity index (χ4v) is 3.14. The predicted octanol–water partition coefficient (Wildman–Crippen LogP) is 3.70. The summed E-state index contributed by atoms with van der Waals surface area (Å²) in [5.41, 5.74) is 3.21. The van der Waals surface area contributed by atoms with Crippen molar-refractivity contribution in [1.82, 2.24) is 5.32 Å². The SMILES string of the molecule is CC(C)C(C)C(Br)c1ccc2c(c1)C(=O)NCC2. The van der Waals surface area contributed by atoms with Crippen LogP contribution in [0.1, 0.15) is 47.1 Å². The standard InChI is InChI=1S/C15H20BrNO/c1-9(2)10(3)14(16)12-5-4-11-6-7-17-15(18)13(11)8-12/h4-5,8-10,14H,6-7H2,1-3H3,(H,17,18). The highest BCUT2D eigenvalue weighted by Gasteiger charge is 2.22. The minimum atomic E-state index is 0.0648. The van der Waals surface area contributed by atoms with E-state index in [1.165, 1.54) is 11.1 Å². The van der Waals surface area contributed by atoms with E-state index in [-0.39, 0.29) is 5.91 Å². The zero-order chi connectivity index (χ0) is 13.3. The first-order valence-corrected chi connectivity index (χ1v) is 7.47. The number of rotatable bonds is 3. The first kappa shape index (κ1) is 13.6. The lowest BCUT2D eigenvalue weighted by molar-refractivity contribution is 0.0946. The fraction of sp³-hybridized carbons (Fsp3) is 0.533. The summed E-state index contributed by atoms with van der Waals surface area (Å²) in [5.74, 6) is 1.21. The van der Waals surface area contributed by atoms with Gasteiger partial charge in [-0.15, -0.1) is 0 Å². The molecule has 0 aliphatic carbocycles. The van der Waals surface area contributed by atoms with Crippen LogP contribution in [-0.4, -0.2) is 12.5 Å². The number of benzene rings is 1. The van der Waals surface area contributed by atoms with Crippen LogP contribution in [0.5, 0.6) is 0 Å². The molecule has 0 spiro atoms. The second-order valence-corrected chi connectivity index (χ2v) is 6.41. The Labute approximate surface area is 117 Å². The van der Waals surface area contributed by atoms with Crippen LogP contribution in [-0.2, 0) is 6.42 Å². The van der Waals surface area contributed by atoms with E-state index in [0.29, 0.717) is 16.7 Å². The second-order valence-electron chi connectivity index (χ2n) is 5.43. The van der Waals surface area contributed by atoms with E-state index < -0.39 is 0 Å². The summed E-state index contributed by atoms with van der Waals surface area (Å²) in [6, 6.07) is 6.29. The maximum atomic E-state index is 11.8. The predicted molar refractivity (Wildman–Crippen MR) is 78.1 cm³/mol. The lowest BCUT2D eigenvalue weighted by atomic mass is 9.88. The van der Waals surface area contributed by atoms with E-state index in [9.17, 15) is 4.79 Å². The molecule has 2 nitrogen and oxygen atoms in total. The molecule has 1 aromatic rings. The monoisotopic (exact) mass is 309 g/mol. The summed E-state index contributed by atoms with van der Waals surface area (Å²) >= 11 is 3.77. The molecule has 0 bridgehead atoms. The second kappa shape index (κ2) is 5.43. The van der Waals surface area contributed by atoms with Gasteiger partial charge in [0.05, 0.1) is 0 Å². The van der Waals surface area contributed by atoms with E-state index >= 15 is 0 Å². The molecular weight excluding hydrogens is 290 g/mol. The van der Waals surface area contributed by atoms with Gasteiger partial charge in [-0.3, -0.25) is 4.79 Å². The normalized spacial score (nSPS) is 18.2. The van der Waals surface area contributed by atoms with Crippen molar-refractivity contribution in [3.63, 3.8) is 0 Å². The molecule has 0 radical (unpaired) electrons. The molecule has 1 amide bonds. The molecular formula is C15H20BrNO. The Bertz CT molecular complexity index is 456. The summed E-state index contributed by atoms with van der Waals surface area (Å²) in [5, 5.41) is 2.90. The summed E-state index contributed by atoms with van der Waals surface area (Å²) in [6.45, 7) is 7.45. The Kier molecular flexibility index (Phi) is 4.10. The fourth-order valence-electron chi connectivity index (χ4n) is 2.24.